The fraction of sp³-hybridized carbons (Fsp3) is 0.462. The second kappa shape index (κ2) is 5.36. The van der Waals surface area contributed by atoms with E-state index in [1.54, 1.807) is 6.07 Å². The van der Waals surface area contributed by atoms with E-state index in [-0.39, 0.29) is 6.04 Å². The molecule has 1 heterocycles. The molecule has 0 aliphatic carbocycles. The zero-order chi connectivity index (χ0) is 12.3. The zero-order valence-corrected chi connectivity index (χ0v) is 9.53. The number of hydrogen-bond donors (Lipinski definition) is 0. The Labute approximate surface area is 99.2 Å². The Bertz CT molecular complexity index is 408. The molecule has 1 aliphatic rings. The maximum Gasteiger partial charge on any atom is 0.163 e. The van der Waals surface area contributed by atoms with Gasteiger partial charge in [-0.15, -0.1) is 0 Å². The van der Waals surface area contributed by atoms with Crippen molar-refractivity contribution >= 4 is 6.29 Å². The highest BCUT2D eigenvalue weighted by Crippen LogP contribution is 2.20. The van der Waals surface area contributed by atoms with Gasteiger partial charge < -0.3 is 4.79 Å². The maximum absolute atomic E-state index is 13.5. The molecule has 0 saturated carbocycles. The minimum Gasteiger partial charge on any atom is -0.302 e. The molecule has 1 aromatic rings. The van der Waals surface area contributed by atoms with Gasteiger partial charge in [0.1, 0.15) is 6.29 Å². The van der Waals surface area contributed by atoms with Gasteiger partial charge in [-0.25, -0.2) is 8.78 Å². The molecule has 1 unspecified atom stereocenters. The number of halogens is 2. The topological polar surface area (TPSA) is 20.3 Å². The highest BCUT2D eigenvalue weighted by atomic mass is 19.2. The van der Waals surface area contributed by atoms with Crippen LogP contribution in [0.4, 0.5) is 8.78 Å². The molecular formula is C13H15F2NO. The summed E-state index contributed by atoms with van der Waals surface area (Å²) in [6, 6.07) is 4.00. The van der Waals surface area contributed by atoms with Crippen molar-refractivity contribution in [3.05, 3.63) is 35.4 Å². The lowest BCUT2D eigenvalue weighted by molar-refractivity contribution is -0.113. The summed E-state index contributed by atoms with van der Waals surface area (Å²) in [6.07, 6.45) is 3.73. The van der Waals surface area contributed by atoms with Crippen LogP contribution in [0.15, 0.2) is 18.2 Å². The lowest BCUT2D eigenvalue weighted by atomic mass is 10.0. The first-order chi connectivity index (χ1) is 8.22. The van der Waals surface area contributed by atoms with Crippen molar-refractivity contribution in [2.24, 2.45) is 0 Å². The van der Waals surface area contributed by atoms with E-state index >= 15 is 0 Å². The van der Waals surface area contributed by atoms with Gasteiger partial charge in [0.25, 0.3) is 0 Å². The molecule has 1 aromatic carbocycles. The van der Waals surface area contributed by atoms with Gasteiger partial charge in [0, 0.05) is 12.1 Å². The maximum atomic E-state index is 13.5. The van der Waals surface area contributed by atoms with Crippen molar-refractivity contribution in [3.8, 4) is 0 Å². The van der Waals surface area contributed by atoms with Crippen molar-refractivity contribution < 1.29 is 13.6 Å². The number of rotatable bonds is 3. The Morgan fingerprint density at radius 3 is 2.94 bits per heavy atom. The van der Waals surface area contributed by atoms with Crippen LogP contribution in [0.5, 0.6) is 0 Å². The third-order valence-electron chi connectivity index (χ3n) is 3.23. The molecule has 2 rings (SSSR count). The van der Waals surface area contributed by atoms with Gasteiger partial charge in [-0.3, -0.25) is 4.90 Å². The Kier molecular flexibility index (Phi) is 3.84. The van der Waals surface area contributed by atoms with E-state index in [1.165, 1.54) is 6.07 Å². The van der Waals surface area contributed by atoms with E-state index in [1.807, 2.05) is 4.90 Å². The Hall–Kier alpha value is -1.29. The summed E-state index contributed by atoms with van der Waals surface area (Å²) in [5.41, 5.74) is 0.318. The molecule has 4 heteroatoms. The summed E-state index contributed by atoms with van der Waals surface area (Å²) in [5, 5.41) is 0. The summed E-state index contributed by atoms with van der Waals surface area (Å²) in [7, 11) is 0. The molecule has 2 nitrogen and oxygen atoms in total. The molecule has 92 valence electrons. The van der Waals surface area contributed by atoms with Gasteiger partial charge in [0.15, 0.2) is 11.6 Å². The lowest BCUT2D eigenvalue weighted by Crippen LogP contribution is -2.40. The first-order valence-corrected chi connectivity index (χ1v) is 5.84. The predicted octanol–water partition coefficient (Wildman–Crippen LogP) is 2.52. The second-order valence-corrected chi connectivity index (χ2v) is 4.38. The summed E-state index contributed by atoms with van der Waals surface area (Å²) >= 11 is 0. The Morgan fingerprint density at radius 2 is 2.18 bits per heavy atom. The van der Waals surface area contributed by atoms with E-state index < -0.39 is 11.6 Å². The third-order valence-corrected chi connectivity index (χ3v) is 3.23. The van der Waals surface area contributed by atoms with Crippen LogP contribution in [0, 0.1) is 11.6 Å². The molecule has 0 amide bonds. The van der Waals surface area contributed by atoms with E-state index in [0.717, 1.165) is 38.2 Å². The van der Waals surface area contributed by atoms with Gasteiger partial charge in [-0.1, -0.05) is 18.6 Å². The Morgan fingerprint density at radius 1 is 1.35 bits per heavy atom. The number of aldehydes is 1. The molecule has 0 spiro atoms. The number of carbonyl (C=O) groups excluding carboxylic acids is 1. The molecular weight excluding hydrogens is 224 g/mol. The number of piperidine rings is 1. The zero-order valence-electron chi connectivity index (χ0n) is 9.53. The van der Waals surface area contributed by atoms with Crippen LogP contribution in [-0.2, 0) is 11.3 Å². The second-order valence-electron chi connectivity index (χ2n) is 4.38. The summed E-state index contributed by atoms with van der Waals surface area (Å²) in [4.78, 5) is 12.8. The molecule has 0 N–H and O–H groups in total. The van der Waals surface area contributed by atoms with Crippen LogP contribution in [0.25, 0.3) is 0 Å². The smallest absolute Gasteiger partial charge is 0.163 e. The molecule has 17 heavy (non-hydrogen) atoms. The van der Waals surface area contributed by atoms with Crippen molar-refractivity contribution in [1.82, 2.24) is 4.90 Å². The van der Waals surface area contributed by atoms with Crippen LogP contribution < -0.4 is 0 Å². The normalized spacial score (nSPS) is 21.4. The van der Waals surface area contributed by atoms with Crippen molar-refractivity contribution in [2.75, 3.05) is 6.54 Å². The van der Waals surface area contributed by atoms with Crippen molar-refractivity contribution in [1.29, 1.82) is 0 Å². The van der Waals surface area contributed by atoms with Gasteiger partial charge in [-0.2, -0.15) is 0 Å². The van der Waals surface area contributed by atoms with Crippen LogP contribution in [-0.4, -0.2) is 23.8 Å². The SMILES string of the molecule is O=CC1CCCCN1Cc1cccc(F)c1F. The van der Waals surface area contributed by atoms with E-state index in [4.69, 9.17) is 0 Å². The van der Waals surface area contributed by atoms with Gasteiger partial charge in [0.2, 0.25) is 0 Å². The summed E-state index contributed by atoms with van der Waals surface area (Å²) < 4.78 is 26.5. The number of carbonyl (C=O) groups is 1. The van der Waals surface area contributed by atoms with Crippen molar-refractivity contribution in [3.63, 3.8) is 0 Å². The number of hydrogen-bond acceptors (Lipinski definition) is 2. The van der Waals surface area contributed by atoms with Crippen LogP contribution in [0.2, 0.25) is 0 Å². The first-order valence-electron chi connectivity index (χ1n) is 5.84. The molecule has 1 aliphatic heterocycles. The molecule has 0 bridgehead atoms. The largest absolute Gasteiger partial charge is 0.302 e. The third kappa shape index (κ3) is 2.69. The highest BCUT2D eigenvalue weighted by molar-refractivity contribution is 5.57. The quantitative estimate of drug-likeness (QED) is 0.755. The number of likely N-dealkylation sites (tertiary alicyclic amines) is 1. The molecule has 1 saturated heterocycles. The number of benzene rings is 1. The first kappa shape index (κ1) is 12.2. The predicted molar refractivity (Wildman–Crippen MR) is 60.5 cm³/mol. The van der Waals surface area contributed by atoms with Crippen molar-refractivity contribution in [2.45, 2.75) is 31.8 Å². The fourth-order valence-electron chi connectivity index (χ4n) is 2.26. The fourth-order valence-corrected chi connectivity index (χ4v) is 2.26. The Balaban J connectivity index is 2.13. The molecule has 0 radical (unpaired) electrons. The standard InChI is InChI=1S/C13H15F2NO/c14-12-6-3-4-10(13(12)15)8-16-7-2-1-5-11(16)9-17/h3-4,6,9,11H,1-2,5,7-8H2. The molecule has 1 fully saturated rings. The highest BCUT2D eigenvalue weighted by Gasteiger charge is 2.23. The average Bonchev–Trinajstić information content (AvgIpc) is 2.35. The van der Waals surface area contributed by atoms with Crippen LogP contribution in [0.1, 0.15) is 24.8 Å². The van der Waals surface area contributed by atoms with Crippen LogP contribution >= 0.6 is 0 Å². The van der Waals surface area contributed by atoms with E-state index in [0.29, 0.717) is 12.1 Å². The van der Waals surface area contributed by atoms with Gasteiger partial charge in [-0.05, 0) is 25.5 Å². The van der Waals surface area contributed by atoms with Gasteiger partial charge in [0.05, 0.1) is 6.04 Å². The number of nitrogens with zero attached hydrogens (tertiary/aromatic N) is 1. The minimum atomic E-state index is -0.831. The summed E-state index contributed by atoms with van der Waals surface area (Å²) in [6.45, 7) is 1.06. The molecule has 0 aromatic heterocycles. The van der Waals surface area contributed by atoms with Gasteiger partial charge >= 0.3 is 0 Å². The monoisotopic (exact) mass is 239 g/mol. The minimum absolute atomic E-state index is 0.161. The average molecular weight is 239 g/mol. The molecule has 1 atom stereocenters. The van der Waals surface area contributed by atoms with Crippen LogP contribution in [0.3, 0.4) is 0 Å². The van der Waals surface area contributed by atoms with E-state index in [9.17, 15) is 13.6 Å². The van der Waals surface area contributed by atoms with E-state index in [2.05, 4.69) is 0 Å². The lowest BCUT2D eigenvalue weighted by Gasteiger charge is -2.32. The summed E-state index contributed by atoms with van der Waals surface area (Å²) in [5.74, 6) is -1.63.